The van der Waals surface area contributed by atoms with Crippen LogP contribution in [0.1, 0.15) is 25.3 Å². The van der Waals surface area contributed by atoms with Gasteiger partial charge in [0.15, 0.2) is 0 Å². The zero-order valence-electron chi connectivity index (χ0n) is 16.4. The fourth-order valence-electron chi connectivity index (χ4n) is 2.87. The Morgan fingerprint density at radius 3 is 2.43 bits per heavy atom. The van der Waals surface area contributed by atoms with Crippen LogP contribution in [0.2, 0.25) is 0 Å². The summed E-state index contributed by atoms with van der Waals surface area (Å²) in [5.41, 5.74) is 1.66. The number of carbonyl (C=O) groups is 1. The molecule has 0 saturated heterocycles. The van der Waals surface area contributed by atoms with Crippen LogP contribution >= 0.6 is 0 Å². The van der Waals surface area contributed by atoms with Crippen LogP contribution in [0.25, 0.3) is 0 Å². The van der Waals surface area contributed by atoms with E-state index in [2.05, 4.69) is 5.32 Å². The lowest BCUT2D eigenvalue weighted by Gasteiger charge is -2.24. The van der Waals surface area contributed by atoms with Gasteiger partial charge in [-0.2, -0.15) is 0 Å². The number of amides is 1. The van der Waals surface area contributed by atoms with Crippen molar-refractivity contribution in [1.82, 2.24) is 5.32 Å². The number of nitrogens with zero attached hydrogens (tertiary/aromatic N) is 1. The van der Waals surface area contributed by atoms with Gasteiger partial charge in [0.1, 0.15) is 5.75 Å². The number of hydrogen-bond acceptors (Lipinski definition) is 4. The summed E-state index contributed by atoms with van der Waals surface area (Å²) >= 11 is 0. The van der Waals surface area contributed by atoms with Gasteiger partial charge in [-0.15, -0.1) is 0 Å². The Bertz CT molecular complexity index is 854. The minimum absolute atomic E-state index is 0.0810. The maximum absolute atomic E-state index is 12.3. The number of hydrogen-bond donors (Lipinski definition) is 1. The predicted octanol–water partition coefficient (Wildman–Crippen LogP) is 2.99. The lowest BCUT2D eigenvalue weighted by atomic mass is 10.1. The van der Waals surface area contributed by atoms with E-state index in [0.29, 0.717) is 31.0 Å². The maximum atomic E-state index is 12.3. The zero-order valence-corrected chi connectivity index (χ0v) is 17.2. The monoisotopic (exact) mass is 404 g/mol. The van der Waals surface area contributed by atoms with Gasteiger partial charge < -0.3 is 10.1 Å². The van der Waals surface area contributed by atoms with Crippen molar-refractivity contribution in [2.75, 3.05) is 30.3 Å². The van der Waals surface area contributed by atoms with Crippen molar-refractivity contribution in [3.63, 3.8) is 0 Å². The first-order valence-corrected chi connectivity index (χ1v) is 11.3. The Balaban J connectivity index is 1.88. The van der Waals surface area contributed by atoms with Crippen molar-refractivity contribution < 1.29 is 17.9 Å². The molecular formula is C21H28N2O4S. The Labute approximate surface area is 167 Å². The summed E-state index contributed by atoms with van der Waals surface area (Å²) in [6, 6.07) is 17.0. The van der Waals surface area contributed by atoms with Crippen LogP contribution in [0.5, 0.6) is 5.75 Å². The molecule has 1 N–H and O–H groups in total. The highest BCUT2D eigenvalue weighted by atomic mass is 32.2. The molecule has 0 aromatic heterocycles. The Kier molecular flexibility index (Phi) is 8.32. The van der Waals surface area contributed by atoms with Crippen molar-refractivity contribution >= 4 is 21.6 Å². The van der Waals surface area contributed by atoms with E-state index in [-0.39, 0.29) is 18.9 Å². The van der Waals surface area contributed by atoms with Crippen LogP contribution in [0, 0.1) is 0 Å². The second-order valence-electron chi connectivity index (χ2n) is 6.42. The topological polar surface area (TPSA) is 75.7 Å². The lowest BCUT2D eigenvalue weighted by Crippen LogP contribution is -2.32. The quantitative estimate of drug-likeness (QED) is 0.625. The van der Waals surface area contributed by atoms with Crippen molar-refractivity contribution in [2.24, 2.45) is 0 Å². The summed E-state index contributed by atoms with van der Waals surface area (Å²) in [6.07, 6.45) is 2.61. The molecule has 1 amide bonds. The molecule has 0 heterocycles. The third-order valence-corrected chi connectivity index (χ3v) is 5.36. The summed E-state index contributed by atoms with van der Waals surface area (Å²) in [4.78, 5) is 12.1. The Morgan fingerprint density at radius 1 is 1.07 bits per heavy atom. The molecule has 0 aliphatic rings. The van der Waals surface area contributed by atoms with Crippen LogP contribution < -0.4 is 14.4 Å². The zero-order chi connectivity index (χ0) is 20.4. The van der Waals surface area contributed by atoms with Crippen molar-refractivity contribution in [2.45, 2.75) is 26.2 Å². The Hall–Kier alpha value is -2.54. The number of nitrogens with one attached hydrogen (secondary N) is 1. The van der Waals surface area contributed by atoms with E-state index in [1.807, 2.05) is 37.3 Å². The molecule has 2 rings (SSSR count). The molecule has 0 atom stereocenters. The third kappa shape index (κ3) is 6.88. The summed E-state index contributed by atoms with van der Waals surface area (Å²) in [5, 5.41) is 2.88. The number of benzene rings is 2. The first-order valence-electron chi connectivity index (χ1n) is 9.42. The van der Waals surface area contributed by atoms with Crippen molar-refractivity contribution in [3.8, 4) is 5.75 Å². The second-order valence-corrected chi connectivity index (χ2v) is 8.33. The van der Waals surface area contributed by atoms with Gasteiger partial charge in [-0.3, -0.25) is 9.10 Å². The SMILES string of the molecule is CCOc1ccccc1N(CCCC(=O)NCCc1ccccc1)S(C)(=O)=O. The van der Waals surface area contributed by atoms with Gasteiger partial charge in [0.2, 0.25) is 15.9 Å². The fraction of sp³-hybridized carbons (Fsp3) is 0.381. The molecule has 0 unspecified atom stereocenters. The van der Waals surface area contributed by atoms with E-state index in [1.165, 1.54) is 9.87 Å². The number of ether oxygens (including phenoxy) is 1. The molecule has 0 spiro atoms. The first-order chi connectivity index (χ1) is 13.4. The standard InChI is InChI=1S/C21H28N2O4S/c1-3-27-20-13-8-7-12-19(20)23(28(2,25)26)17-9-14-21(24)22-16-15-18-10-5-4-6-11-18/h4-8,10-13H,3,9,14-17H2,1-2H3,(H,22,24). The molecule has 0 bridgehead atoms. The summed E-state index contributed by atoms with van der Waals surface area (Å²) in [6.45, 7) is 3.07. The number of carbonyl (C=O) groups excluding carboxylic acids is 1. The highest BCUT2D eigenvalue weighted by molar-refractivity contribution is 7.92. The van der Waals surface area contributed by atoms with Gasteiger partial charge in [-0.25, -0.2) is 8.42 Å². The molecule has 0 fully saturated rings. The molecular weight excluding hydrogens is 376 g/mol. The van der Waals surface area contributed by atoms with E-state index >= 15 is 0 Å². The predicted molar refractivity (Wildman–Crippen MR) is 112 cm³/mol. The summed E-state index contributed by atoms with van der Waals surface area (Å²) in [7, 11) is -3.49. The molecule has 0 aliphatic heterocycles. The van der Waals surface area contributed by atoms with Gasteiger partial charge >= 0.3 is 0 Å². The molecule has 2 aromatic rings. The van der Waals surface area contributed by atoms with Crippen molar-refractivity contribution in [3.05, 3.63) is 60.2 Å². The molecule has 2 aromatic carbocycles. The van der Waals surface area contributed by atoms with Crippen LogP contribution in [-0.2, 0) is 21.2 Å². The Morgan fingerprint density at radius 2 is 1.75 bits per heavy atom. The molecule has 152 valence electrons. The number of sulfonamides is 1. The van der Waals surface area contributed by atoms with Crippen LogP contribution in [0.3, 0.4) is 0 Å². The van der Waals surface area contributed by atoms with E-state index in [9.17, 15) is 13.2 Å². The normalized spacial score (nSPS) is 11.1. The average molecular weight is 405 g/mol. The van der Waals surface area contributed by atoms with Gasteiger partial charge in [-0.05, 0) is 37.5 Å². The highest BCUT2D eigenvalue weighted by Crippen LogP contribution is 2.30. The van der Waals surface area contributed by atoms with Crippen LogP contribution in [-0.4, -0.2) is 40.3 Å². The number of para-hydroxylation sites is 2. The maximum Gasteiger partial charge on any atom is 0.232 e. The van der Waals surface area contributed by atoms with Gasteiger partial charge in [0.25, 0.3) is 0 Å². The van der Waals surface area contributed by atoms with Crippen molar-refractivity contribution in [1.29, 1.82) is 0 Å². The van der Waals surface area contributed by atoms with Gasteiger partial charge in [0.05, 0.1) is 18.6 Å². The third-order valence-electron chi connectivity index (χ3n) is 4.18. The highest BCUT2D eigenvalue weighted by Gasteiger charge is 2.21. The van der Waals surface area contributed by atoms with Gasteiger partial charge in [-0.1, -0.05) is 42.5 Å². The van der Waals surface area contributed by atoms with Gasteiger partial charge in [0, 0.05) is 19.5 Å². The first kappa shape index (κ1) is 21.8. The molecule has 7 heteroatoms. The average Bonchev–Trinajstić information content (AvgIpc) is 2.66. The minimum Gasteiger partial charge on any atom is -0.492 e. The molecule has 0 radical (unpaired) electrons. The fourth-order valence-corrected chi connectivity index (χ4v) is 3.84. The van der Waals surface area contributed by atoms with Crippen LogP contribution in [0.4, 0.5) is 5.69 Å². The van der Waals surface area contributed by atoms with Crippen LogP contribution in [0.15, 0.2) is 54.6 Å². The lowest BCUT2D eigenvalue weighted by molar-refractivity contribution is -0.121. The molecule has 28 heavy (non-hydrogen) atoms. The minimum atomic E-state index is -3.49. The van der Waals surface area contributed by atoms with E-state index in [4.69, 9.17) is 4.74 Å². The second kappa shape index (κ2) is 10.7. The number of rotatable bonds is 11. The molecule has 0 saturated carbocycles. The summed E-state index contributed by atoms with van der Waals surface area (Å²) < 4.78 is 31.4. The molecule has 6 nitrogen and oxygen atoms in total. The summed E-state index contributed by atoms with van der Waals surface area (Å²) in [5.74, 6) is 0.435. The number of anilines is 1. The molecule has 0 aliphatic carbocycles. The van der Waals surface area contributed by atoms with E-state index in [0.717, 1.165) is 12.7 Å². The van der Waals surface area contributed by atoms with E-state index in [1.54, 1.807) is 24.3 Å². The largest absolute Gasteiger partial charge is 0.492 e. The van der Waals surface area contributed by atoms with E-state index < -0.39 is 10.0 Å². The smallest absolute Gasteiger partial charge is 0.232 e.